The maximum Gasteiger partial charge on any atom is 0.362 e. The summed E-state index contributed by atoms with van der Waals surface area (Å²) in [5.74, 6) is -1.73. The molecule has 4 N–H and O–H groups in total. The molecule has 4 heterocycles. The third kappa shape index (κ3) is 2.97. The van der Waals surface area contributed by atoms with Crippen molar-refractivity contribution in [2.45, 2.75) is 69.5 Å². The van der Waals surface area contributed by atoms with E-state index in [1.165, 1.54) is 7.11 Å². The Morgan fingerprint density at radius 1 is 1.22 bits per heavy atom. The lowest BCUT2D eigenvalue weighted by Gasteiger charge is -2.44. The Kier molecular flexibility index (Phi) is 5.21. The van der Waals surface area contributed by atoms with Crippen LogP contribution in [0.25, 0.3) is 5.57 Å². The summed E-state index contributed by atoms with van der Waals surface area (Å²) in [5, 5.41) is 34.1. The number of Topliss-reactive ketones (excluding diaryl/α,β-unsaturated/α-hetero) is 1. The maximum atomic E-state index is 13.8. The summed E-state index contributed by atoms with van der Waals surface area (Å²) >= 11 is 0. The summed E-state index contributed by atoms with van der Waals surface area (Å²) in [5.41, 5.74) is -2.20. The van der Waals surface area contributed by atoms with Crippen LogP contribution >= 0.6 is 0 Å². The van der Waals surface area contributed by atoms with Crippen LogP contribution in [-0.4, -0.2) is 77.5 Å². The number of methoxy groups -OCH3 is 1. The Balaban J connectivity index is 1.59. The number of aliphatic hydroxyl groups is 2. The average molecular weight is 515 g/mol. The molecule has 0 aromatic heterocycles. The molecule has 0 saturated carbocycles. The minimum atomic E-state index is -2.34. The van der Waals surface area contributed by atoms with Gasteiger partial charge in [-0.15, -0.1) is 0 Å². The molecule has 2 saturated heterocycles. The van der Waals surface area contributed by atoms with Crippen molar-refractivity contribution in [3.05, 3.63) is 50.3 Å². The van der Waals surface area contributed by atoms with Crippen LogP contribution < -0.4 is 15.1 Å². The summed E-state index contributed by atoms with van der Waals surface area (Å²) < 4.78 is 22.3. The number of esters is 1. The largest absolute Gasteiger partial charge is 0.504 e. The Bertz CT molecular complexity index is 1380. The topological polar surface area (TPSA) is 153 Å². The molecule has 1 aromatic rings. The maximum absolute atomic E-state index is 13.8. The number of cyclic esters (lactones) is 1. The molecule has 2 unspecified atom stereocenters. The van der Waals surface area contributed by atoms with E-state index in [2.05, 4.69) is 0 Å². The number of rotatable bonds is 2. The first-order valence-electron chi connectivity index (χ1n) is 12.3. The van der Waals surface area contributed by atoms with E-state index in [1.807, 2.05) is 13.8 Å². The fourth-order valence-corrected chi connectivity index (χ4v) is 6.42. The van der Waals surface area contributed by atoms with Crippen molar-refractivity contribution in [3.63, 3.8) is 0 Å². The van der Waals surface area contributed by atoms with Gasteiger partial charge in [-0.1, -0.05) is 6.92 Å². The lowest BCUT2D eigenvalue weighted by molar-refractivity contribution is -0.879. The number of aliphatic hydroxyl groups excluding tert-OH is 1. The van der Waals surface area contributed by atoms with Crippen molar-refractivity contribution in [3.8, 4) is 11.5 Å². The zero-order valence-corrected chi connectivity index (χ0v) is 20.7. The lowest BCUT2D eigenvalue weighted by Crippen LogP contribution is -3.17. The second-order valence-corrected chi connectivity index (χ2v) is 10.2. The number of morpholine rings is 1. The first-order chi connectivity index (χ1) is 17.5. The van der Waals surface area contributed by atoms with Crippen molar-refractivity contribution in [1.82, 2.24) is 0 Å². The molecule has 6 rings (SSSR count). The van der Waals surface area contributed by atoms with Crippen LogP contribution in [0.3, 0.4) is 0 Å². The van der Waals surface area contributed by atoms with E-state index in [4.69, 9.17) is 18.9 Å². The van der Waals surface area contributed by atoms with Gasteiger partial charge in [0.2, 0.25) is 6.29 Å². The van der Waals surface area contributed by atoms with E-state index < -0.39 is 58.8 Å². The molecule has 1 aliphatic carbocycles. The standard InChI is InChI=1S/C26H27NO10/c1-5-14-19-17-11(6-9(2)27(19)8-15(29)36-14)16-12(20(17)30)7-13(28)18-23(21(16)31)37-25-26(18,33)24(32)22(34-4)10(3)35-25/h6-7,9-10,14,22,24-25,31-33H,5,8H2,1-4H3/p+1/t9?,10-,14-,22-,24-,25+,26-/m1/s1. The molecule has 1 aromatic carbocycles. The Morgan fingerprint density at radius 2 is 1.95 bits per heavy atom. The second-order valence-electron chi connectivity index (χ2n) is 10.2. The van der Waals surface area contributed by atoms with Gasteiger partial charge in [-0.3, -0.25) is 14.5 Å². The van der Waals surface area contributed by atoms with E-state index in [9.17, 15) is 29.7 Å². The molecule has 0 spiro atoms. The van der Waals surface area contributed by atoms with Crippen molar-refractivity contribution >= 4 is 17.3 Å². The predicted octanol–water partition coefficient (Wildman–Crippen LogP) is -1.09. The third-order valence-corrected chi connectivity index (χ3v) is 8.18. The highest BCUT2D eigenvalue weighted by atomic mass is 16.7. The summed E-state index contributed by atoms with van der Waals surface area (Å²) in [7, 11) is 1.34. The van der Waals surface area contributed by atoms with Gasteiger partial charge in [-0.2, -0.15) is 0 Å². The van der Waals surface area contributed by atoms with E-state index in [1.54, 1.807) is 13.0 Å². The van der Waals surface area contributed by atoms with Gasteiger partial charge in [0.05, 0.1) is 17.2 Å². The molecule has 196 valence electrons. The molecule has 4 aliphatic heterocycles. The minimum absolute atomic E-state index is 0.0533. The third-order valence-electron chi connectivity index (χ3n) is 8.18. The lowest BCUT2D eigenvalue weighted by atomic mass is 9.82. The molecule has 0 radical (unpaired) electrons. The first kappa shape index (κ1) is 24.3. The minimum Gasteiger partial charge on any atom is -0.504 e. The smallest absolute Gasteiger partial charge is 0.362 e. The van der Waals surface area contributed by atoms with Gasteiger partial charge in [0.1, 0.15) is 18.2 Å². The fourth-order valence-electron chi connectivity index (χ4n) is 6.42. The number of carbonyl (C=O) groups excluding carboxylic acids is 2. The van der Waals surface area contributed by atoms with Gasteiger partial charge in [0.15, 0.2) is 46.7 Å². The number of aromatic hydroxyl groups is 1. The number of carbonyl (C=O) groups is 2. The molecule has 0 amide bonds. The molecule has 2 fully saturated rings. The number of hydrogen-bond donors (Lipinski definition) is 4. The number of hydrogen-bond acceptors (Lipinski definition) is 10. The van der Waals surface area contributed by atoms with Gasteiger partial charge in [0, 0.05) is 23.8 Å². The zero-order chi connectivity index (χ0) is 26.5. The molecule has 11 nitrogen and oxygen atoms in total. The van der Waals surface area contributed by atoms with E-state index in [0.717, 1.165) is 11.0 Å². The number of allylic oxidation sites excluding steroid dienone is 2. The molecule has 11 heteroatoms. The second kappa shape index (κ2) is 7.95. The Morgan fingerprint density at radius 3 is 2.62 bits per heavy atom. The highest BCUT2D eigenvalue weighted by Gasteiger charge is 2.63. The van der Waals surface area contributed by atoms with Crippen LogP contribution in [0.5, 0.6) is 11.5 Å². The quantitative estimate of drug-likeness (QED) is 0.358. The van der Waals surface area contributed by atoms with Crippen LogP contribution in [-0.2, 0) is 24.6 Å². The van der Waals surface area contributed by atoms with Gasteiger partial charge in [-0.25, -0.2) is 4.79 Å². The van der Waals surface area contributed by atoms with Gasteiger partial charge >= 0.3 is 5.97 Å². The fraction of sp³-hybridized carbons (Fsp3) is 0.500. The van der Waals surface area contributed by atoms with Crippen molar-refractivity contribution < 1.29 is 48.8 Å². The van der Waals surface area contributed by atoms with Crippen LogP contribution in [0, 0.1) is 0 Å². The number of nitrogens with one attached hydrogen (secondary N) is 1. The monoisotopic (exact) mass is 514 g/mol. The van der Waals surface area contributed by atoms with E-state index in [0.29, 0.717) is 17.7 Å². The van der Waals surface area contributed by atoms with Gasteiger partial charge in [0.25, 0.3) is 0 Å². The summed E-state index contributed by atoms with van der Waals surface area (Å²) in [6.07, 6.45) is -3.16. The van der Waals surface area contributed by atoms with Gasteiger partial charge < -0.3 is 34.3 Å². The van der Waals surface area contributed by atoms with Crippen molar-refractivity contribution in [1.29, 1.82) is 0 Å². The van der Waals surface area contributed by atoms with Gasteiger partial charge in [-0.05, 0) is 32.4 Å². The molecule has 5 aliphatic rings. The SMILES string of the molecule is CC[C@H]1OC(=O)C[NH+]2C1=C1C(=O)c3cc(=O)c4c(c(O)c3C1=CC2C)O[C@@H]1O[C@H](C)[C@@H](OC)[C@@H](O)[C@]41O. The first-order valence-corrected chi connectivity index (χ1v) is 12.3. The van der Waals surface area contributed by atoms with E-state index >= 15 is 0 Å². The molecular weight excluding hydrogens is 486 g/mol. The highest BCUT2D eigenvalue weighted by molar-refractivity contribution is 6.28. The molecular formula is C26H28NO10+. The van der Waals surface area contributed by atoms with E-state index in [-0.39, 0.29) is 41.0 Å². The van der Waals surface area contributed by atoms with Crippen molar-refractivity contribution in [2.75, 3.05) is 13.7 Å². The number of ketones is 1. The molecule has 0 bridgehead atoms. The van der Waals surface area contributed by atoms with Crippen molar-refractivity contribution in [2.24, 2.45) is 0 Å². The summed E-state index contributed by atoms with van der Waals surface area (Å²) in [6.45, 7) is 5.41. The predicted molar refractivity (Wildman–Crippen MR) is 125 cm³/mol. The van der Waals surface area contributed by atoms with Crippen LogP contribution in [0.4, 0.5) is 0 Å². The number of quaternary nitrogens is 1. The van der Waals surface area contributed by atoms with Crippen LogP contribution in [0.2, 0.25) is 0 Å². The molecule has 37 heavy (non-hydrogen) atoms. The zero-order valence-electron chi connectivity index (χ0n) is 20.7. The summed E-state index contributed by atoms with van der Waals surface area (Å²) in [4.78, 5) is 40.3. The van der Waals surface area contributed by atoms with Crippen LogP contribution in [0.1, 0.15) is 48.7 Å². The summed E-state index contributed by atoms with van der Waals surface area (Å²) in [6, 6.07) is 0.819. The number of ether oxygens (including phenoxy) is 4. The Hall–Kier alpha value is -3.09. The number of fused-ring (bicyclic) bond motifs is 7. The Labute approximate surface area is 211 Å². The normalized spacial score (nSPS) is 37.6. The molecule has 8 atom stereocenters. The average Bonchev–Trinajstić information content (AvgIpc) is 3.26. The van der Waals surface area contributed by atoms with Crippen LogP contribution in [0.15, 0.2) is 28.2 Å². The highest BCUT2D eigenvalue weighted by Crippen LogP contribution is 2.54.